The molecule has 2 aliphatic rings. The highest BCUT2D eigenvalue weighted by molar-refractivity contribution is 5.93. The number of oxime groups is 1. The van der Waals surface area contributed by atoms with Crippen LogP contribution in [0.25, 0.3) is 0 Å². The lowest BCUT2D eigenvalue weighted by Gasteiger charge is -2.25. The third-order valence-corrected chi connectivity index (χ3v) is 3.83. The summed E-state index contributed by atoms with van der Waals surface area (Å²) in [5.74, 6) is 1.18. The van der Waals surface area contributed by atoms with E-state index >= 15 is 0 Å². The Kier molecular flexibility index (Phi) is 2.28. The van der Waals surface area contributed by atoms with Crippen LogP contribution >= 0.6 is 0 Å². The van der Waals surface area contributed by atoms with Gasteiger partial charge in [0.05, 0.1) is 5.71 Å². The zero-order valence-corrected chi connectivity index (χ0v) is 9.08. The maximum absolute atomic E-state index is 9.09. The van der Waals surface area contributed by atoms with Gasteiger partial charge in [-0.3, -0.25) is 0 Å². The van der Waals surface area contributed by atoms with E-state index in [1.807, 2.05) is 6.07 Å². The number of rotatable bonds is 1. The van der Waals surface area contributed by atoms with E-state index in [0.29, 0.717) is 17.8 Å². The fraction of sp³-hybridized carbons (Fsp3) is 0.357. The fourth-order valence-electron chi connectivity index (χ4n) is 3.04. The first kappa shape index (κ1) is 9.64. The van der Waals surface area contributed by atoms with Crippen molar-refractivity contribution in [1.82, 2.24) is 0 Å². The molecule has 0 amide bonds. The van der Waals surface area contributed by atoms with E-state index in [1.165, 1.54) is 5.56 Å². The Hall–Kier alpha value is -1.57. The predicted molar refractivity (Wildman–Crippen MR) is 63.8 cm³/mol. The Balaban J connectivity index is 1.99. The molecule has 0 spiro atoms. The molecule has 0 aliphatic heterocycles. The van der Waals surface area contributed by atoms with Gasteiger partial charge in [-0.05, 0) is 18.4 Å². The molecule has 0 heterocycles. The van der Waals surface area contributed by atoms with Gasteiger partial charge in [0.2, 0.25) is 0 Å². The van der Waals surface area contributed by atoms with E-state index in [9.17, 15) is 0 Å². The summed E-state index contributed by atoms with van der Waals surface area (Å²) in [4.78, 5) is 0. The van der Waals surface area contributed by atoms with E-state index < -0.39 is 0 Å². The molecular weight excluding hydrogens is 198 g/mol. The van der Waals surface area contributed by atoms with Crippen LogP contribution < -0.4 is 0 Å². The Morgan fingerprint density at radius 3 is 2.62 bits per heavy atom. The molecule has 3 rings (SSSR count). The zero-order chi connectivity index (χ0) is 11.0. The predicted octanol–water partition coefficient (Wildman–Crippen LogP) is 3.20. The summed E-state index contributed by atoms with van der Waals surface area (Å²) in [6.07, 6.45) is 6.75. The third kappa shape index (κ3) is 1.37. The lowest BCUT2D eigenvalue weighted by atomic mass is 9.79. The molecule has 1 N–H and O–H groups in total. The van der Waals surface area contributed by atoms with Crippen molar-refractivity contribution in [1.29, 1.82) is 0 Å². The minimum atomic E-state index is 0.384. The van der Waals surface area contributed by atoms with Gasteiger partial charge >= 0.3 is 0 Å². The summed E-state index contributed by atoms with van der Waals surface area (Å²) in [6, 6.07) is 10.5. The molecule has 1 aromatic carbocycles. The van der Waals surface area contributed by atoms with Crippen molar-refractivity contribution in [3.63, 3.8) is 0 Å². The lowest BCUT2D eigenvalue weighted by molar-refractivity contribution is 0.312. The van der Waals surface area contributed by atoms with Gasteiger partial charge in [0, 0.05) is 17.8 Å². The maximum Gasteiger partial charge on any atom is 0.0679 e. The highest BCUT2D eigenvalue weighted by Gasteiger charge is 2.39. The van der Waals surface area contributed by atoms with Crippen LogP contribution in [0.4, 0.5) is 0 Å². The fourth-order valence-corrected chi connectivity index (χ4v) is 3.04. The van der Waals surface area contributed by atoms with Gasteiger partial charge in [-0.1, -0.05) is 47.6 Å². The Bertz CT molecular complexity index is 435. The van der Waals surface area contributed by atoms with Crippen LogP contribution in [-0.4, -0.2) is 10.9 Å². The average molecular weight is 213 g/mol. The average Bonchev–Trinajstić information content (AvgIpc) is 2.63. The molecule has 2 aliphatic carbocycles. The Morgan fingerprint density at radius 2 is 1.88 bits per heavy atom. The summed E-state index contributed by atoms with van der Waals surface area (Å²) in [7, 11) is 0. The topological polar surface area (TPSA) is 32.6 Å². The number of allylic oxidation sites excluding steroid dienone is 2. The van der Waals surface area contributed by atoms with E-state index in [1.54, 1.807) is 0 Å². The number of nitrogens with zero attached hydrogens (tertiary/aromatic N) is 1. The van der Waals surface area contributed by atoms with Crippen LogP contribution in [0.5, 0.6) is 0 Å². The molecule has 1 saturated carbocycles. The van der Waals surface area contributed by atoms with Crippen molar-refractivity contribution < 1.29 is 5.21 Å². The van der Waals surface area contributed by atoms with Crippen LogP contribution in [0.1, 0.15) is 24.3 Å². The van der Waals surface area contributed by atoms with Crippen molar-refractivity contribution >= 4 is 5.71 Å². The summed E-state index contributed by atoms with van der Waals surface area (Å²) in [5.41, 5.74) is 2.31. The molecule has 2 bridgehead atoms. The molecule has 1 fully saturated rings. The second-order valence-electron chi connectivity index (χ2n) is 4.64. The number of benzene rings is 1. The van der Waals surface area contributed by atoms with Crippen LogP contribution in [0.2, 0.25) is 0 Å². The molecule has 0 aromatic heterocycles. The van der Waals surface area contributed by atoms with Crippen LogP contribution in [0.3, 0.4) is 0 Å². The molecule has 0 saturated heterocycles. The molecule has 1 aromatic rings. The maximum atomic E-state index is 9.09. The summed E-state index contributed by atoms with van der Waals surface area (Å²) >= 11 is 0. The lowest BCUT2D eigenvalue weighted by Crippen LogP contribution is -2.23. The van der Waals surface area contributed by atoms with Gasteiger partial charge in [-0.25, -0.2) is 0 Å². The standard InChI is InChI=1S/C14H15NO/c16-15-14-11-6-8-12(13(14)9-7-11)10-4-2-1-3-5-10/h1-6,8,11-13,16H,7,9H2. The van der Waals surface area contributed by atoms with Crippen molar-refractivity contribution in [3.8, 4) is 0 Å². The third-order valence-electron chi connectivity index (χ3n) is 3.83. The van der Waals surface area contributed by atoms with Crippen molar-refractivity contribution in [3.05, 3.63) is 48.0 Å². The number of hydrogen-bond donors (Lipinski definition) is 1. The first-order chi connectivity index (χ1) is 7.90. The summed E-state index contributed by atoms with van der Waals surface area (Å²) in [6.45, 7) is 0. The minimum Gasteiger partial charge on any atom is -0.411 e. The molecule has 3 unspecified atom stereocenters. The first-order valence-electron chi connectivity index (χ1n) is 5.85. The molecule has 82 valence electrons. The molecule has 2 heteroatoms. The van der Waals surface area contributed by atoms with Crippen molar-refractivity contribution in [2.24, 2.45) is 17.0 Å². The van der Waals surface area contributed by atoms with Crippen molar-refractivity contribution in [2.75, 3.05) is 0 Å². The van der Waals surface area contributed by atoms with E-state index in [0.717, 1.165) is 18.6 Å². The van der Waals surface area contributed by atoms with Gasteiger partial charge in [-0.15, -0.1) is 0 Å². The zero-order valence-electron chi connectivity index (χ0n) is 9.08. The van der Waals surface area contributed by atoms with Crippen LogP contribution in [-0.2, 0) is 0 Å². The van der Waals surface area contributed by atoms with E-state index in [2.05, 4.69) is 41.6 Å². The second-order valence-corrected chi connectivity index (χ2v) is 4.64. The van der Waals surface area contributed by atoms with Gasteiger partial charge in [0.1, 0.15) is 0 Å². The minimum absolute atomic E-state index is 0.384. The quantitative estimate of drug-likeness (QED) is 0.433. The van der Waals surface area contributed by atoms with Crippen LogP contribution in [0, 0.1) is 11.8 Å². The molecule has 2 nitrogen and oxygen atoms in total. The number of hydrogen-bond acceptors (Lipinski definition) is 2. The van der Waals surface area contributed by atoms with E-state index in [-0.39, 0.29) is 0 Å². The Morgan fingerprint density at radius 1 is 1.06 bits per heavy atom. The van der Waals surface area contributed by atoms with Crippen molar-refractivity contribution in [2.45, 2.75) is 18.8 Å². The van der Waals surface area contributed by atoms with Gasteiger partial charge in [0.25, 0.3) is 0 Å². The largest absolute Gasteiger partial charge is 0.411 e. The second kappa shape index (κ2) is 3.78. The monoisotopic (exact) mass is 213 g/mol. The summed E-state index contributed by atoms with van der Waals surface area (Å²) < 4.78 is 0. The smallest absolute Gasteiger partial charge is 0.0679 e. The molecular formula is C14H15NO. The highest BCUT2D eigenvalue weighted by Crippen LogP contribution is 2.43. The van der Waals surface area contributed by atoms with Crippen LogP contribution in [0.15, 0.2) is 47.6 Å². The summed E-state index contributed by atoms with van der Waals surface area (Å²) in [5, 5.41) is 12.6. The Labute approximate surface area is 95.3 Å². The van der Waals surface area contributed by atoms with Gasteiger partial charge in [0.15, 0.2) is 0 Å². The number of fused-ring (bicyclic) bond motifs is 2. The van der Waals surface area contributed by atoms with E-state index in [4.69, 9.17) is 5.21 Å². The normalized spacial score (nSPS) is 34.5. The SMILES string of the molecule is ON=C1C2C=CC(c3ccccc3)C1CC2. The van der Waals surface area contributed by atoms with Gasteiger partial charge < -0.3 is 5.21 Å². The molecule has 3 atom stereocenters. The molecule has 0 radical (unpaired) electrons. The first-order valence-corrected chi connectivity index (χ1v) is 5.85. The molecule has 16 heavy (non-hydrogen) atoms. The highest BCUT2D eigenvalue weighted by atomic mass is 16.4. The van der Waals surface area contributed by atoms with Gasteiger partial charge in [-0.2, -0.15) is 0 Å².